The molecule has 0 spiro atoms. The second kappa shape index (κ2) is 23.6. The molecule has 0 fully saturated rings. The van der Waals surface area contributed by atoms with Gasteiger partial charge < -0.3 is 0 Å². The summed E-state index contributed by atoms with van der Waals surface area (Å²) in [5.41, 5.74) is 0. The highest BCUT2D eigenvalue weighted by molar-refractivity contribution is 4.87. The lowest BCUT2D eigenvalue weighted by Gasteiger charge is -2.14. The summed E-state index contributed by atoms with van der Waals surface area (Å²) in [6.07, 6.45) is 38.6. The van der Waals surface area contributed by atoms with Gasteiger partial charge in [-0.2, -0.15) is 0 Å². The van der Waals surface area contributed by atoms with Gasteiger partial charge in [-0.25, -0.2) is 9.55 Å². The maximum absolute atomic E-state index is 3.58. The summed E-state index contributed by atoms with van der Waals surface area (Å²) < 4.78 is 2.54. The minimum atomic E-state index is 0.620. The van der Waals surface area contributed by atoms with Gasteiger partial charge >= 0.3 is 0 Å². The average Bonchev–Trinajstić information content (AvgIpc) is 3.36. The topological polar surface area (TPSA) is 19.7 Å². The van der Waals surface area contributed by atoms with Crippen molar-refractivity contribution in [1.29, 1.82) is 0 Å². The van der Waals surface area contributed by atoms with E-state index in [1.54, 1.807) is 0 Å². The van der Waals surface area contributed by atoms with Gasteiger partial charge in [0.05, 0.1) is 12.0 Å². The first-order chi connectivity index (χ1) is 17.2. The molecular formula is C33H65N2+. The maximum Gasteiger partial charge on any atom is 0.257 e. The van der Waals surface area contributed by atoms with Crippen molar-refractivity contribution >= 4 is 0 Å². The zero-order chi connectivity index (χ0) is 25.4. The Balaban J connectivity index is 2.05. The summed E-state index contributed by atoms with van der Waals surface area (Å²) in [5, 5.41) is 0. The van der Waals surface area contributed by atoms with E-state index in [0.29, 0.717) is 12.0 Å². The number of imidazole rings is 1. The number of aromatic amines is 1. The summed E-state index contributed by atoms with van der Waals surface area (Å²) in [6.45, 7) is 9.45. The van der Waals surface area contributed by atoms with E-state index >= 15 is 0 Å². The highest BCUT2D eigenvalue weighted by Gasteiger charge is 2.22. The van der Waals surface area contributed by atoms with Gasteiger partial charge in [0.2, 0.25) is 0 Å². The van der Waals surface area contributed by atoms with Crippen molar-refractivity contribution in [3.05, 3.63) is 18.2 Å². The molecule has 1 N–H and O–H groups in total. The molecule has 0 amide bonds. The van der Waals surface area contributed by atoms with Crippen LogP contribution in [0.15, 0.2) is 12.4 Å². The van der Waals surface area contributed by atoms with Gasteiger partial charge in [-0.15, -0.1) is 0 Å². The summed E-state index contributed by atoms with van der Waals surface area (Å²) in [6, 6.07) is 0.620. The standard InChI is InChI=1S/C33H64N2/c1-5-7-9-11-13-15-16-17-18-20-21-23-25-27-31(3)33-34-29-30-35(33)32(4)28-26-24-22-19-14-12-10-8-6-2/h29-32H,5-28H2,1-4H3/p+1. The van der Waals surface area contributed by atoms with E-state index in [-0.39, 0.29) is 0 Å². The molecule has 0 bridgehead atoms. The number of hydrogen-bond acceptors (Lipinski definition) is 0. The molecule has 2 atom stereocenters. The lowest BCUT2D eigenvalue weighted by atomic mass is 9.99. The molecule has 1 aromatic rings. The van der Waals surface area contributed by atoms with Crippen LogP contribution in [0.3, 0.4) is 0 Å². The second-order valence-electron chi connectivity index (χ2n) is 11.7. The van der Waals surface area contributed by atoms with Crippen LogP contribution >= 0.6 is 0 Å². The Labute approximate surface area is 221 Å². The van der Waals surface area contributed by atoms with E-state index in [2.05, 4.69) is 49.6 Å². The third-order valence-corrected chi connectivity index (χ3v) is 8.15. The van der Waals surface area contributed by atoms with Gasteiger partial charge in [0, 0.05) is 0 Å². The van der Waals surface area contributed by atoms with Crippen LogP contribution in [0.5, 0.6) is 0 Å². The predicted octanol–water partition coefficient (Wildman–Crippen LogP) is 11.4. The third-order valence-electron chi connectivity index (χ3n) is 8.15. The molecule has 0 aliphatic rings. The molecule has 1 rings (SSSR count). The van der Waals surface area contributed by atoms with Crippen molar-refractivity contribution < 1.29 is 4.57 Å². The fourth-order valence-electron chi connectivity index (χ4n) is 5.63. The first-order valence-corrected chi connectivity index (χ1v) is 16.3. The van der Waals surface area contributed by atoms with E-state index in [9.17, 15) is 0 Å². The fraction of sp³-hybridized carbons (Fsp3) is 0.909. The predicted molar refractivity (Wildman–Crippen MR) is 156 cm³/mol. The van der Waals surface area contributed by atoms with Crippen molar-refractivity contribution in [1.82, 2.24) is 4.98 Å². The molecule has 0 aromatic carbocycles. The van der Waals surface area contributed by atoms with Crippen LogP contribution in [0.1, 0.15) is 200 Å². The maximum atomic E-state index is 3.58. The van der Waals surface area contributed by atoms with Crippen molar-refractivity contribution in [2.45, 2.75) is 194 Å². The van der Waals surface area contributed by atoms with Crippen LogP contribution in [-0.4, -0.2) is 4.98 Å². The highest BCUT2D eigenvalue weighted by Crippen LogP contribution is 2.21. The number of H-pyrrole nitrogens is 1. The van der Waals surface area contributed by atoms with Crippen LogP contribution in [0.25, 0.3) is 0 Å². The number of unbranched alkanes of at least 4 members (excludes halogenated alkanes) is 20. The normalized spacial score (nSPS) is 13.4. The lowest BCUT2D eigenvalue weighted by molar-refractivity contribution is -0.727. The van der Waals surface area contributed by atoms with Crippen molar-refractivity contribution in [2.24, 2.45) is 0 Å². The van der Waals surface area contributed by atoms with Gasteiger partial charge in [0.25, 0.3) is 5.82 Å². The van der Waals surface area contributed by atoms with Crippen LogP contribution in [-0.2, 0) is 0 Å². The molecule has 0 aliphatic carbocycles. The SMILES string of the molecule is CCCCCCCCCCCCCCCC(C)c1[nH]cc[n+]1C(C)CCCCCCCCCCC. The van der Waals surface area contributed by atoms with E-state index in [1.165, 1.54) is 160 Å². The van der Waals surface area contributed by atoms with E-state index in [4.69, 9.17) is 0 Å². The number of hydrogen-bond donors (Lipinski definition) is 1. The second-order valence-corrected chi connectivity index (χ2v) is 11.7. The van der Waals surface area contributed by atoms with Crippen LogP contribution in [0, 0.1) is 0 Å². The van der Waals surface area contributed by atoms with Gasteiger partial charge in [-0.3, -0.25) is 0 Å². The minimum Gasteiger partial charge on any atom is -0.247 e. The Kier molecular flexibility index (Phi) is 21.7. The molecule has 1 aromatic heterocycles. The van der Waals surface area contributed by atoms with Crippen LogP contribution in [0.2, 0.25) is 0 Å². The Morgan fingerprint density at radius 2 is 0.914 bits per heavy atom. The van der Waals surface area contributed by atoms with Crippen LogP contribution in [0.4, 0.5) is 0 Å². The minimum absolute atomic E-state index is 0.620. The average molecular weight is 490 g/mol. The number of aromatic nitrogens is 2. The summed E-state index contributed by atoms with van der Waals surface area (Å²) in [5.74, 6) is 2.09. The van der Waals surface area contributed by atoms with Crippen LogP contribution < -0.4 is 4.57 Å². The molecule has 35 heavy (non-hydrogen) atoms. The highest BCUT2D eigenvalue weighted by atomic mass is 15.1. The molecule has 0 saturated carbocycles. The first-order valence-electron chi connectivity index (χ1n) is 16.3. The molecule has 0 aliphatic heterocycles. The molecule has 0 radical (unpaired) electrons. The van der Waals surface area contributed by atoms with Gasteiger partial charge in [0.1, 0.15) is 12.4 Å². The molecule has 1 heterocycles. The van der Waals surface area contributed by atoms with E-state index in [0.717, 1.165) is 0 Å². The first kappa shape index (κ1) is 32.2. The monoisotopic (exact) mass is 490 g/mol. The van der Waals surface area contributed by atoms with Gasteiger partial charge in [-0.05, 0) is 26.2 Å². The molecule has 0 saturated heterocycles. The fourth-order valence-corrected chi connectivity index (χ4v) is 5.63. The van der Waals surface area contributed by atoms with Crippen molar-refractivity contribution in [3.63, 3.8) is 0 Å². The molecule has 206 valence electrons. The van der Waals surface area contributed by atoms with Crippen molar-refractivity contribution in [2.75, 3.05) is 0 Å². The smallest absolute Gasteiger partial charge is 0.247 e. The number of nitrogens with one attached hydrogen (secondary N) is 1. The number of rotatable bonds is 26. The van der Waals surface area contributed by atoms with E-state index < -0.39 is 0 Å². The van der Waals surface area contributed by atoms with Gasteiger partial charge in [-0.1, -0.05) is 156 Å². The summed E-state index contributed by atoms with van der Waals surface area (Å²) >= 11 is 0. The summed E-state index contributed by atoms with van der Waals surface area (Å²) in [4.78, 5) is 3.58. The van der Waals surface area contributed by atoms with Gasteiger partial charge in [0.15, 0.2) is 0 Å². The quantitative estimate of drug-likeness (QED) is 0.0985. The molecule has 2 nitrogen and oxygen atoms in total. The lowest BCUT2D eigenvalue weighted by Crippen LogP contribution is -2.40. The number of nitrogens with zero attached hydrogens (tertiary/aromatic N) is 1. The molecule has 2 heteroatoms. The third kappa shape index (κ3) is 17.3. The Morgan fingerprint density at radius 3 is 1.34 bits per heavy atom. The van der Waals surface area contributed by atoms with Crippen molar-refractivity contribution in [3.8, 4) is 0 Å². The Bertz CT molecular complexity index is 549. The Hall–Kier alpha value is -0.790. The zero-order valence-corrected chi connectivity index (χ0v) is 24.7. The summed E-state index contributed by atoms with van der Waals surface area (Å²) in [7, 11) is 0. The Morgan fingerprint density at radius 1 is 0.543 bits per heavy atom. The largest absolute Gasteiger partial charge is 0.257 e. The zero-order valence-electron chi connectivity index (χ0n) is 24.7. The van der Waals surface area contributed by atoms with E-state index in [1.807, 2.05) is 0 Å². The molecular weight excluding hydrogens is 424 g/mol. The molecule has 2 unspecified atom stereocenters.